The molecule has 1 aliphatic rings. The number of ether oxygens (including phenoxy) is 1. The summed E-state index contributed by atoms with van der Waals surface area (Å²) in [5.41, 5.74) is -2.24. The molecule has 0 saturated heterocycles. The van der Waals surface area contributed by atoms with Crippen LogP contribution in [-0.4, -0.2) is 19.3 Å². The summed E-state index contributed by atoms with van der Waals surface area (Å²) in [5, 5.41) is 0. The summed E-state index contributed by atoms with van der Waals surface area (Å²) < 4.78 is 42.5. The van der Waals surface area contributed by atoms with Crippen LogP contribution in [0.2, 0.25) is 0 Å². The van der Waals surface area contributed by atoms with Gasteiger partial charge in [0.25, 0.3) is 0 Å². The first-order valence-corrected chi connectivity index (χ1v) is 4.59. The first-order chi connectivity index (χ1) is 6.44. The number of carbonyl (C=O) groups is 1. The highest BCUT2D eigenvalue weighted by Gasteiger charge is 2.60. The maximum absolute atomic E-state index is 12.7. The molecule has 14 heavy (non-hydrogen) atoms. The molecule has 0 N–H and O–H groups in total. The summed E-state index contributed by atoms with van der Waals surface area (Å²) in [4.78, 5) is 11.2. The highest BCUT2D eigenvalue weighted by Crippen LogP contribution is 2.49. The molecular formula is C9H13F3O2. The Morgan fingerprint density at radius 3 is 2.07 bits per heavy atom. The molecule has 2 nitrogen and oxygen atoms in total. The Hall–Kier alpha value is -0.740. The predicted octanol–water partition coefficient (Wildman–Crippen LogP) is 2.67. The van der Waals surface area contributed by atoms with Gasteiger partial charge in [0.15, 0.2) is 5.41 Å². The van der Waals surface area contributed by atoms with Gasteiger partial charge >= 0.3 is 12.1 Å². The number of rotatable bonds is 1. The molecule has 82 valence electrons. The number of hydrogen-bond acceptors (Lipinski definition) is 2. The van der Waals surface area contributed by atoms with Gasteiger partial charge in [-0.15, -0.1) is 0 Å². The fourth-order valence-electron chi connectivity index (χ4n) is 1.95. The van der Waals surface area contributed by atoms with Gasteiger partial charge in [-0.25, -0.2) is 0 Å². The predicted molar refractivity (Wildman–Crippen MR) is 43.6 cm³/mol. The van der Waals surface area contributed by atoms with Crippen molar-refractivity contribution in [1.29, 1.82) is 0 Å². The highest BCUT2D eigenvalue weighted by molar-refractivity contribution is 5.77. The molecule has 0 amide bonds. The fourth-order valence-corrected chi connectivity index (χ4v) is 1.95. The van der Waals surface area contributed by atoms with Crippen molar-refractivity contribution in [2.75, 3.05) is 7.11 Å². The third-order valence-corrected chi connectivity index (χ3v) is 2.83. The van der Waals surface area contributed by atoms with Crippen molar-refractivity contribution in [3.63, 3.8) is 0 Å². The van der Waals surface area contributed by atoms with Crippen LogP contribution in [0.5, 0.6) is 0 Å². The van der Waals surface area contributed by atoms with Crippen molar-refractivity contribution in [2.24, 2.45) is 5.41 Å². The zero-order chi connectivity index (χ0) is 10.8. The van der Waals surface area contributed by atoms with Crippen molar-refractivity contribution in [2.45, 2.75) is 38.3 Å². The Morgan fingerprint density at radius 2 is 1.71 bits per heavy atom. The molecule has 0 bridgehead atoms. The lowest BCUT2D eigenvalue weighted by Crippen LogP contribution is -2.47. The molecule has 0 aromatic heterocycles. The highest BCUT2D eigenvalue weighted by atomic mass is 19.4. The van der Waals surface area contributed by atoms with E-state index >= 15 is 0 Å². The SMILES string of the molecule is COC(=O)C1(C(F)(F)F)CCCCC1. The number of carbonyl (C=O) groups excluding carboxylic acids is 1. The van der Waals surface area contributed by atoms with Crippen LogP contribution in [0.15, 0.2) is 0 Å². The van der Waals surface area contributed by atoms with Crippen molar-refractivity contribution in [3.05, 3.63) is 0 Å². The molecule has 0 spiro atoms. The van der Waals surface area contributed by atoms with Crippen LogP contribution >= 0.6 is 0 Å². The van der Waals surface area contributed by atoms with Crippen LogP contribution in [0.4, 0.5) is 13.2 Å². The molecule has 0 unspecified atom stereocenters. The van der Waals surface area contributed by atoms with Crippen LogP contribution < -0.4 is 0 Å². The van der Waals surface area contributed by atoms with Gasteiger partial charge in [-0.2, -0.15) is 13.2 Å². The standard InChI is InChI=1S/C9H13F3O2/c1-14-7(13)8(9(10,11)12)5-3-2-4-6-8/h2-6H2,1H3. The molecule has 0 aromatic carbocycles. The minimum absolute atomic E-state index is 0.136. The number of alkyl halides is 3. The summed E-state index contributed by atoms with van der Waals surface area (Å²) in [6.45, 7) is 0. The maximum atomic E-state index is 12.7. The Balaban J connectivity index is 2.94. The molecule has 1 aliphatic carbocycles. The summed E-state index contributed by atoms with van der Waals surface area (Å²) in [6.07, 6.45) is -3.12. The van der Waals surface area contributed by atoms with Crippen molar-refractivity contribution >= 4 is 5.97 Å². The van der Waals surface area contributed by atoms with Gasteiger partial charge in [-0.05, 0) is 12.8 Å². The van der Waals surface area contributed by atoms with Gasteiger partial charge in [-0.1, -0.05) is 19.3 Å². The van der Waals surface area contributed by atoms with Crippen LogP contribution in [0.25, 0.3) is 0 Å². The topological polar surface area (TPSA) is 26.3 Å². The lowest BCUT2D eigenvalue weighted by molar-refractivity contribution is -0.241. The lowest BCUT2D eigenvalue weighted by atomic mass is 9.73. The molecule has 0 radical (unpaired) electrons. The normalized spacial score (nSPS) is 21.7. The summed E-state index contributed by atoms with van der Waals surface area (Å²) in [5.74, 6) is -1.13. The van der Waals surface area contributed by atoms with E-state index in [0.29, 0.717) is 12.8 Å². The van der Waals surface area contributed by atoms with Gasteiger partial charge in [-0.3, -0.25) is 4.79 Å². The molecule has 1 saturated carbocycles. The third-order valence-electron chi connectivity index (χ3n) is 2.83. The molecular weight excluding hydrogens is 197 g/mol. The molecule has 1 rings (SSSR count). The van der Waals surface area contributed by atoms with Crippen molar-refractivity contribution in [3.8, 4) is 0 Å². The molecule has 0 atom stereocenters. The van der Waals surface area contributed by atoms with E-state index in [0.717, 1.165) is 13.5 Å². The summed E-state index contributed by atoms with van der Waals surface area (Å²) in [6, 6.07) is 0. The molecule has 0 aliphatic heterocycles. The van der Waals surface area contributed by atoms with E-state index in [1.54, 1.807) is 0 Å². The van der Waals surface area contributed by atoms with E-state index < -0.39 is 17.6 Å². The largest absolute Gasteiger partial charge is 0.468 e. The molecule has 0 heterocycles. The molecule has 0 aromatic rings. The van der Waals surface area contributed by atoms with Crippen LogP contribution in [0.3, 0.4) is 0 Å². The minimum atomic E-state index is -4.49. The summed E-state index contributed by atoms with van der Waals surface area (Å²) >= 11 is 0. The zero-order valence-corrected chi connectivity index (χ0v) is 7.99. The number of esters is 1. The van der Waals surface area contributed by atoms with E-state index in [2.05, 4.69) is 4.74 Å². The zero-order valence-electron chi connectivity index (χ0n) is 7.99. The fraction of sp³-hybridized carbons (Fsp3) is 0.889. The Kier molecular flexibility index (Phi) is 3.07. The number of halogens is 3. The minimum Gasteiger partial charge on any atom is -0.468 e. The second kappa shape index (κ2) is 3.79. The monoisotopic (exact) mass is 210 g/mol. The third kappa shape index (κ3) is 1.72. The van der Waals surface area contributed by atoms with E-state index in [4.69, 9.17) is 0 Å². The van der Waals surface area contributed by atoms with Gasteiger partial charge in [0.05, 0.1) is 7.11 Å². The second-order valence-corrected chi connectivity index (χ2v) is 3.63. The van der Waals surface area contributed by atoms with Gasteiger partial charge < -0.3 is 4.74 Å². The van der Waals surface area contributed by atoms with Crippen molar-refractivity contribution in [1.82, 2.24) is 0 Å². The Bertz CT molecular complexity index is 217. The average molecular weight is 210 g/mol. The quantitative estimate of drug-likeness (QED) is 0.622. The smallest absolute Gasteiger partial charge is 0.404 e. The lowest BCUT2D eigenvalue weighted by Gasteiger charge is -2.35. The van der Waals surface area contributed by atoms with Crippen LogP contribution in [0.1, 0.15) is 32.1 Å². The summed E-state index contributed by atoms with van der Waals surface area (Å²) in [7, 11) is 1.00. The number of methoxy groups -OCH3 is 1. The van der Waals surface area contributed by atoms with E-state index in [1.165, 1.54) is 0 Å². The van der Waals surface area contributed by atoms with Gasteiger partial charge in [0.2, 0.25) is 0 Å². The maximum Gasteiger partial charge on any atom is 0.404 e. The Morgan fingerprint density at radius 1 is 1.21 bits per heavy atom. The molecule has 1 fully saturated rings. The van der Waals surface area contributed by atoms with E-state index in [1.807, 2.05) is 0 Å². The van der Waals surface area contributed by atoms with Crippen LogP contribution in [0, 0.1) is 5.41 Å². The van der Waals surface area contributed by atoms with Gasteiger partial charge in [0, 0.05) is 0 Å². The van der Waals surface area contributed by atoms with Crippen molar-refractivity contribution < 1.29 is 22.7 Å². The van der Waals surface area contributed by atoms with E-state index in [-0.39, 0.29) is 12.8 Å². The first kappa shape index (κ1) is 11.3. The Labute approximate surface area is 80.4 Å². The van der Waals surface area contributed by atoms with Gasteiger partial charge in [0.1, 0.15) is 0 Å². The average Bonchev–Trinajstić information content (AvgIpc) is 2.16. The van der Waals surface area contributed by atoms with E-state index in [9.17, 15) is 18.0 Å². The van der Waals surface area contributed by atoms with Crippen LogP contribution in [-0.2, 0) is 9.53 Å². The number of hydrogen-bond donors (Lipinski definition) is 0. The first-order valence-electron chi connectivity index (χ1n) is 4.59. The second-order valence-electron chi connectivity index (χ2n) is 3.63. The molecule has 5 heteroatoms.